The molecule has 0 radical (unpaired) electrons. The van der Waals surface area contributed by atoms with Crippen molar-refractivity contribution in [2.45, 2.75) is 19.5 Å². The summed E-state index contributed by atoms with van der Waals surface area (Å²) in [4.78, 5) is 11.6. The van der Waals surface area contributed by atoms with Crippen LogP contribution < -0.4 is 10.1 Å². The average molecular weight is 289 g/mol. The molecule has 5 nitrogen and oxygen atoms in total. The summed E-state index contributed by atoms with van der Waals surface area (Å²) in [6.07, 6.45) is 1.48. The summed E-state index contributed by atoms with van der Waals surface area (Å²) in [7, 11) is 3.00. The SMILES string of the molecule is COC(=O)c1ccoc1CNC(C)c1ccccc1OC. The van der Waals surface area contributed by atoms with E-state index in [1.54, 1.807) is 13.2 Å². The normalized spacial score (nSPS) is 12.0. The first kappa shape index (κ1) is 15.1. The van der Waals surface area contributed by atoms with Crippen molar-refractivity contribution in [2.75, 3.05) is 14.2 Å². The minimum atomic E-state index is -0.398. The molecule has 1 heterocycles. The van der Waals surface area contributed by atoms with Gasteiger partial charge in [0, 0.05) is 11.6 Å². The maximum Gasteiger partial charge on any atom is 0.341 e. The van der Waals surface area contributed by atoms with Crippen molar-refractivity contribution in [3.63, 3.8) is 0 Å². The molecule has 5 heteroatoms. The number of nitrogens with one attached hydrogen (secondary N) is 1. The first-order valence-corrected chi connectivity index (χ1v) is 6.68. The van der Waals surface area contributed by atoms with Crippen LogP contribution in [0.15, 0.2) is 41.0 Å². The van der Waals surface area contributed by atoms with Crippen LogP contribution in [0.1, 0.15) is 34.6 Å². The zero-order valence-electron chi connectivity index (χ0n) is 12.4. The topological polar surface area (TPSA) is 60.7 Å². The first-order chi connectivity index (χ1) is 10.2. The fourth-order valence-electron chi connectivity index (χ4n) is 2.15. The molecule has 1 atom stereocenters. The Labute approximate surface area is 123 Å². The van der Waals surface area contributed by atoms with Crippen LogP contribution in [-0.2, 0) is 11.3 Å². The lowest BCUT2D eigenvalue weighted by atomic mass is 10.1. The third kappa shape index (κ3) is 3.44. The van der Waals surface area contributed by atoms with E-state index >= 15 is 0 Å². The Bertz CT molecular complexity index is 606. The Morgan fingerprint density at radius 3 is 2.76 bits per heavy atom. The Balaban J connectivity index is 2.06. The van der Waals surface area contributed by atoms with Gasteiger partial charge in [0.1, 0.15) is 17.1 Å². The molecule has 0 spiro atoms. The van der Waals surface area contributed by atoms with E-state index in [1.807, 2.05) is 31.2 Å². The van der Waals surface area contributed by atoms with Crippen molar-refractivity contribution >= 4 is 5.97 Å². The van der Waals surface area contributed by atoms with Gasteiger partial charge in [0.05, 0.1) is 27.0 Å². The van der Waals surface area contributed by atoms with E-state index in [4.69, 9.17) is 13.9 Å². The summed E-state index contributed by atoms with van der Waals surface area (Å²) >= 11 is 0. The molecule has 1 aromatic heterocycles. The quantitative estimate of drug-likeness (QED) is 0.828. The van der Waals surface area contributed by atoms with E-state index in [1.165, 1.54) is 13.4 Å². The highest BCUT2D eigenvalue weighted by Crippen LogP contribution is 2.24. The fourth-order valence-corrected chi connectivity index (χ4v) is 2.15. The van der Waals surface area contributed by atoms with Crippen LogP contribution in [0.25, 0.3) is 0 Å². The zero-order chi connectivity index (χ0) is 15.2. The van der Waals surface area contributed by atoms with Crippen LogP contribution in [0.2, 0.25) is 0 Å². The molecule has 1 unspecified atom stereocenters. The predicted octanol–water partition coefficient (Wildman–Crippen LogP) is 2.93. The van der Waals surface area contributed by atoms with Gasteiger partial charge in [-0.05, 0) is 19.1 Å². The molecular weight excluding hydrogens is 270 g/mol. The molecule has 21 heavy (non-hydrogen) atoms. The van der Waals surface area contributed by atoms with Crippen LogP contribution in [0.5, 0.6) is 5.75 Å². The van der Waals surface area contributed by atoms with Crippen LogP contribution in [0.3, 0.4) is 0 Å². The summed E-state index contributed by atoms with van der Waals surface area (Å²) in [5.41, 5.74) is 1.49. The smallest absolute Gasteiger partial charge is 0.341 e. The number of benzene rings is 1. The van der Waals surface area contributed by atoms with Gasteiger partial charge in [-0.15, -0.1) is 0 Å². The van der Waals surface area contributed by atoms with E-state index in [-0.39, 0.29) is 6.04 Å². The number of hydrogen-bond donors (Lipinski definition) is 1. The van der Waals surface area contributed by atoms with Gasteiger partial charge in [-0.3, -0.25) is 0 Å². The highest BCUT2D eigenvalue weighted by atomic mass is 16.5. The maximum absolute atomic E-state index is 11.6. The molecule has 0 fully saturated rings. The van der Waals surface area contributed by atoms with Crippen LogP contribution in [0.4, 0.5) is 0 Å². The van der Waals surface area contributed by atoms with Crippen molar-refractivity contribution in [3.05, 3.63) is 53.5 Å². The van der Waals surface area contributed by atoms with E-state index < -0.39 is 5.97 Å². The fraction of sp³-hybridized carbons (Fsp3) is 0.312. The van der Waals surface area contributed by atoms with Crippen molar-refractivity contribution in [2.24, 2.45) is 0 Å². The van der Waals surface area contributed by atoms with Gasteiger partial charge in [0.2, 0.25) is 0 Å². The molecule has 0 saturated heterocycles. The summed E-state index contributed by atoms with van der Waals surface area (Å²) in [5, 5.41) is 3.31. The number of esters is 1. The highest BCUT2D eigenvalue weighted by molar-refractivity contribution is 5.90. The largest absolute Gasteiger partial charge is 0.496 e. The molecule has 2 rings (SSSR count). The number of para-hydroxylation sites is 1. The zero-order valence-corrected chi connectivity index (χ0v) is 12.4. The van der Waals surface area contributed by atoms with Gasteiger partial charge in [0.15, 0.2) is 0 Å². The molecule has 0 bridgehead atoms. The molecule has 1 N–H and O–H groups in total. The minimum Gasteiger partial charge on any atom is -0.496 e. The van der Waals surface area contributed by atoms with Gasteiger partial charge in [-0.25, -0.2) is 4.79 Å². The molecule has 0 aliphatic heterocycles. The van der Waals surface area contributed by atoms with E-state index in [9.17, 15) is 4.79 Å². The maximum atomic E-state index is 11.6. The number of carbonyl (C=O) groups is 1. The number of methoxy groups -OCH3 is 2. The van der Waals surface area contributed by atoms with E-state index in [0.29, 0.717) is 17.9 Å². The highest BCUT2D eigenvalue weighted by Gasteiger charge is 2.16. The predicted molar refractivity (Wildman–Crippen MR) is 78.3 cm³/mol. The minimum absolute atomic E-state index is 0.0525. The summed E-state index contributed by atoms with van der Waals surface area (Å²) < 4.78 is 15.4. The third-order valence-electron chi connectivity index (χ3n) is 3.32. The lowest BCUT2D eigenvalue weighted by Crippen LogP contribution is -2.19. The molecular formula is C16H19NO4. The van der Waals surface area contributed by atoms with Gasteiger partial charge in [0.25, 0.3) is 0 Å². The molecule has 0 aliphatic rings. The van der Waals surface area contributed by atoms with Crippen molar-refractivity contribution in [1.29, 1.82) is 0 Å². The first-order valence-electron chi connectivity index (χ1n) is 6.68. The van der Waals surface area contributed by atoms with Gasteiger partial charge >= 0.3 is 5.97 Å². The lowest BCUT2D eigenvalue weighted by molar-refractivity contribution is 0.0598. The van der Waals surface area contributed by atoms with Crippen LogP contribution >= 0.6 is 0 Å². The Kier molecular flexibility index (Phi) is 5.00. The third-order valence-corrected chi connectivity index (χ3v) is 3.32. The number of carbonyl (C=O) groups excluding carboxylic acids is 1. The summed E-state index contributed by atoms with van der Waals surface area (Å²) in [5.74, 6) is 0.985. The summed E-state index contributed by atoms with van der Waals surface area (Å²) in [6.45, 7) is 2.45. The van der Waals surface area contributed by atoms with Crippen molar-refractivity contribution in [3.8, 4) is 5.75 Å². The Hall–Kier alpha value is -2.27. The number of rotatable bonds is 6. The van der Waals surface area contributed by atoms with E-state index in [0.717, 1.165) is 11.3 Å². The second kappa shape index (κ2) is 6.95. The van der Waals surface area contributed by atoms with Crippen molar-refractivity contribution < 1.29 is 18.7 Å². The second-order valence-corrected chi connectivity index (χ2v) is 4.59. The number of hydrogen-bond acceptors (Lipinski definition) is 5. The second-order valence-electron chi connectivity index (χ2n) is 4.59. The van der Waals surface area contributed by atoms with E-state index in [2.05, 4.69) is 5.32 Å². The lowest BCUT2D eigenvalue weighted by Gasteiger charge is -2.16. The standard InChI is InChI=1S/C16H19NO4/c1-11(12-6-4-5-7-14(12)19-2)17-10-15-13(8-9-21-15)16(18)20-3/h4-9,11,17H,10H2,1-3H3. The Morgan fingerprint density at radius 2 is 2.05 bits per heavy atom. The number of furan rings is 1. The molecule has 112 valence electrons. The Morgan fingerprint density at radius 1 is 1.29 bits per heavy atom. The molecule has 2 aromatic rings. The molecule has 1 aromatic carbocycles. The van der Waals surface area contributed by atoms with Gasteiger partial charge in [-0.2, -0.15) is 0 Å². The van der Waals surface area contributed by atoms with Gasteiger partial charge in [-0.1, -0.05) is 18.2 Å². The monoisotopic (exact) mass is 289 g/mol. The van der Waals surface area contributed by atoms with Crippen LogP contribution in [-0.4, -0.2) is 20.2 Å². The van der Waals surface area contributed by atoms with Gasteiger partial charge < -0.3 is 19.2 Å². The van der Waals surface area contributed by atoms with Crippen molar-refractivity contribution in [1.82, 2.24) is 5.32 Å². The molecule has 0 saturated carbocycles. The summed E-state index contributed by atoms with van der Waals surface area (Å²) in [6, 6.07) is 9.47. The van der Waals surface area contributed by atoms with Crippen LogP contribution in [0, 0.1) is 0 Å². The molecule has 0 amide bonds. The number of ether oxygens (including phenoxy) is 2. The molecule has 0 aliphatic carbocycles. The average Bonchev–Trinajstić information content (AvgIpc) is 3.00.